The maximum atomic E-state index is 12.2. The number of carboxylic acids is 1. The van der Waals surface area contributed by atoms with Crippen molar-refractivity contribution in [3.05, 3.63) is 76.5 Å². The molecule has 0 unspecified atom stereocenters. The van der Waals surface area contributed by atoms with Crippen molar-refractivity contribution in [2.75, 3.05) is 5.32 Å². The highest BCUT2D eigenvalue weighted by Crippen LogP contribution is 2.34. The van der Waals surface area contributed by atoms with E-state index in [-0.39, 0.29) is 16.5 Å². The Bertz CT molecular complexity index is 1080. The molecule has 1 aromatic heterocycles. The van der Waals surface area contributed by atoms with Gasteiger partial charge in [0.15, 0.2) is 0 Å². The lowest BCUT2D eigenvalue weighted by Gasteiger charge is -2.02. The maximum Gasteiger partial charge on any atom is 0.337 e. The summed E-state index contributed by atoms with van der Waals surface area (Å²) in [6.45, 7) is 0. The van der Waals surface area contributed by atoms with Crippen LogP contribution in [-0.4, -0.2) is 17.0 Å². The molecule has 1 aliphatic rings. The van der Waals surface area contributed by atoms with Crippen LogP contribution in [0.1, 0.15) is 21.7 Å². The molecular formula is C20H12ClNO4. The number of aromatic carboxylic acids is 1. The van der Waals surface area contributed by atoms with Crippen LogP contribution in [0, 0.1) is 0 Å². The van der Waals surface area contributed by atoms with Crippen LogP contribution < -0.4 is 5.32 Å². The number of carbonyl (C=O) groups is 2. The lowest BCUT2D eigenvalue weighted by atomic mass is 10.1. The van der Waals surface area contributed by atoms with Crippen molar-refractivity contribution in [1.82, 2.24) is 0 Å². The molecule has 128 valence electrons. The van der Waals surface area contributed by atoms with Crippen molar-refractivity contribution >= 4 is 40.8 Å². The predicted octanol–water partition coefficient (Wildman–Crippen LogP) is 4.79. The average Bonchev–Trinajstić information content (AvgIpc) is 3.21. The molecular weight excluding hydrogens is 354 g/mol. The second-order valence-corrected chi connectivity index (χ2v) is 6.17. The summed E-state index contributed by atoms with van der Waals surface area (Å²) in [5.41, 5.74) is 2.69. The standard InChI is InChI=1S/C20H12ClNO4/c21-16-7-5-11(9-15(16)20(24)25)18-8-6-12(26-18)10-14-13-3-1-2-4-17(13)22-19(14)23/h1-10H,(H,22,23)(H,24,25)/b14-10-. The first kappa shape index (κ1) is 16.2. The van der Waals surface area contributed by atoms with Crippen molar-refractivity contribution in [3.63, 3.8) is 0 Å². The zero-order valence-electron chi connectivity index (χ0n) is 13.3. The molecule has 2 aromatic carbocycles. The molecule has 5 nitrogen and oxygen atoms in total. The third-order valence-corrected chi connectivity index (χ3v) is 4.43. The number of amides is 1. The minimum atomic E-state index is -1.11. The van der Waals surface area contributed by atoms with Gasteiger partial charge in [0.25, 0.3) is 5.91 Å². The smallest absolute Gasteiger partial charge is 0.337 e. The van der Waals surface area contributed by atoms with Gasteiger partial charge in [-0.25, -0.2) is 4.79 Å². The monoisotopic (exact) mass is 365 g/mol. The molecule has 2 N–H and O–H groups in total. The highest BCUT2D eigenvalue weighted by atomic mass is 35.5. The summed E-state index contributed by atoms with van der Waals surface area (Å²) >= 11 is 5.90. The number of para-hydroxylation sites is 1. The van der Waals surface area contributed by atoms with Crippen LogP contribution in [0.3, 0.4) is 0 Å². The quantitative estimate of drug-likeness (QED) is 0.654. The predicted molar refractivity (Wildman–Crippen MR) is 99.1 cm³/mol. The molecule has 4 rings (SSSR count). The molecule has 0 saturated carbocycles. The van der Waals surface area contributed by atoms with E-state index >= 15 is 0 Å². The van der Waals surface area contributed by atoms with Gasteiger partial charge in [-0.15, -0.1) is 0 Å². The van der Waals surface area contributed by atoms with Crippen molar-refractivity contribution in [2.24, 2.45) is 0 Å². The maximum absolute atomic E-state index is 12.2. The van der Waals surface area contributed by atoms with Crippen LogP contribution in [-0.2, 0) is 4.79 Å². The number of fused-ring (bicyclic) bond motifs is 1. The largest absolute Gasteiger partial charge is 0.478 e. The Labute approximate surface area is 153 Å². The Hall–Kier alpha value is -3.31. The van der Waals surface area contributed by atoms with E-state index in [1.54, 1.807) is 24.3 Å². The van der Waals surface area contributed by atoms with E-state index in [1.807, 2.05) is 24.3 Å². The highest BCUT2D eigenvalue weighted by molar-refractivity contribution is 6.35. The summed E-state index contributed by atoms with van der Waals surface area (Å²) in [7, 11) is 0. The van der Waals surface area contributed by atoms with Gasteiger partial charge in [-0.05, 0) is 42.5 Å². The van der Waals surface area contributed by atoms with E-state index in [0.29, 0.717) is 22.7 Å². The van der Waals surface area contributed by atoms with Gasteiger partial charge in [0, 0.05) is 16.8 Å². The van der Waals surface area contributed by atoms with E-state index in [1.165, 1.54) is 12.1 Å². The number of anilines is 1. The summed E-state index contributed by atoms with van der Waals surface area (Å²) in [6, 6.07) is 15.5. The van der Waals surface area contributed by atoms with Crippen molar-refractivity contribution in [3.8, 4) is 11.3 Å². The summed E-state index contributed by atoms with van der Waals surface area (Å²) in [5, 5.41) is 12.2. The van der Waals surface area contributed by atoms with Gasteiger partial charge in [-0.2, -0.15) is 0 Å². The first-order valence-corrected chi connectivity index (χ1v) is 8.16. The molecule has 2 heterocycles. The molecule has 1 amide bonds. The summed E-state index contributed by atoms with van der Waals surface area (Å²) in [4.78, 5) is 23.4. The van der Waals surface area contributed by atoms with Gasteiger partial charge >= 0.3 is 5.97 Å². The first-order valence-electron chi connectivity index (χ1n) is 7.78. The minimum absolute atomic E-state index is 0.00423. The van der Waals surface area contributed by atoms with Crippen molar-refractivity contribution < 1.29 is 19.1 Å². The molecule has 26 heavy (non-hydrogen) atoms. The number of benzene rings is 2. The number of carboxylic acid groups (broad SMARTS) is 1. The van der Waals surface area contributed by atoms with Gasteiger partial charge in [-0.1, -0.05) is 29.8 Å². The second-order valence-electron chi connectivity index (χ2n) is 5.76. The van der Waals surface area contributed by atoms with Gasteiger partial charge in [0.05, 0.1) is 16.2 Å². The minimum Gasteiger partial charge on any atom is -0.478 e. The van der Waals surface area contributed by atoms with Crippen molar-refractivity contribution in [2.45, 2.75) is 0 Å². The molecule has 0 aliphatic carbocycles. The van der Waals surface area contributed by atoms with Crippen LogP contribution in [0.4, 0.5) is 5.69 Å². The van der Waals surface area contributed by atoms with Crippen LogP contribution in [0.5, 0.6) is 0 Å². The molecule has 0 saturated heterocycles. The molecule has 0 fully saturated rings. The number of nitrogens with one attached hydrogen (secondary N) is 1. The van der Waals surface area contributed by atoms with Crippen LogP contribution >= 0.6 is 11.6 Å². The number of hydrogen-bond donors (Lipinski definition) is 2. The fraction of sp³-hybridized carbons (Fsp3) is 0. The third-order valence-electron chi connectivity index (χ3n) is 4.10. The molecule has 1 aliphatic heterocycles. The van der Waals surface area contributed by atoms with E-state index in [9.17, 15) is 14.7 Å². The number of halogens is 1. The highest BCUT2D eigenvalue weighted by Gasteiger charge is 2.23. The summed E-state index contributed by atoms with van der Waals surface area (Å²) < 4.78 is 5.78. The lowest BCUT2D eigenvalue weighted by molar-refractivity contribution is -0.110. The molecule has 0 bridgehead atoms. The average molecular weight is 366 g/mol. The van der Waals surface area contributed by atoms with Gasteiger partial charge in [0.2, 0.25) is 0 Å². The number of hydrogen-bond acceptors (Lipinski definition) is 3. The van der Waals surface area contributed by atoms with Crippen LogP contribution in [0.15, 0.2) is 59.0 Å². The summed E-state index contributed by atoms with van der Waals surface area (Å²) in [5.74, 6) is -0.315. The lowest BCUT2D eigenvalue weighted by Crippen LogP contribution is -2.03. The fourth-order valence-corrected chi connectivity index (χ4v) is 3.05. The van der Waals surface area contributed by atoms with Crippen LogP contribution in [0.2, 0.25) is 5.02 Å². The van der Waals surface area contributed by atoms with E-state index in [4.69, 9.17) is 16.0 Å². The summed E-state index contributed by atoms with van der Waals surface area (Å²) in [6.07, 6.45) is 1.67. The number of rotatable bonds is 3. The van der Waals surface area contributed by atoms with E-state index in [0.717, 1.165) is 11.3 Å². The molecule has 6 heteroatoms. The molecule has 0 atom stereocenters. The topological polar surface area (TPSA) is 79.5 Å². The zero-order chi connectivity index (χ0) is 18.3. The van der Waals surface area contributed by atoms with Crippen LogP contribution in [0.25, 0.3) is 23.0 Å². The first-order chi connectivity index (χ1) is 12.5. The Kier molecular flexibility index (Phi) is 3.86. The Morgan fingerprint density at radius 1 is 1.12 bits per heavy atom. The number of carbonyl (C=O) groups excluding carboxylic acids is 1. The Morgan fingerprint density at radius 2 is 1.92 bits per heavy atom. The third kappa shape index (κ3) is 2.78. The van der Waals surface area contributed by atoms with Gasteiger partial charge in [-0.3, -0.25) is 4.79 Å². The molecule has 3 aromatic rings. The molecule has 0 spiro atoms. The SMILES string of the molecule is O=C1Nc2ccccc2/C1=C/c1ccc(-c2ccc(Cl)c(C(=O)O)c2)o1. The Morgan fingerprint density at radius 3 is 2.73 bits per heavy atom. The van der Waals surface area contributed by atoms with Crippen molar-refractivity contribution in [1.29, 1.82) is 0 Å². The fourth-order valence-electron chi connectivity index (χ4n) is 2.85. The second kappa shape index (κ2) is 6.20. The normalized spacial score (nSPS) is 14.3. The van der Waals surface area contributed by atoms with E-state index in [2.05, 4.69) is 5.32 Å². The van der Waals surface area contributed by atoms with Gasteiger partial charge in [0.1, 0.15) is 11.5 Å². The van der Waals surface area contributed by atoms with Gasteiger partial charge < -0.3 is 14.8 Å². The Balaban J connectivity index is 1.71. The molecule has 0 radical (unpaired) electrons. The van der Waals surface area contributed by atoms with E-state index < -0.39 is 5.97 Å². The number of furan rings is 1. The zero-order valence-corrected chi connectivity index (χ0v) is 14.1.